The molecule has 1 atom stereocenters. The minimum Gasteiger partial charge on any atom is -0.383 e. The molecular formula is C14H16ClNO3S2. The van der Waals surface area contributed by atoms with Crippen LogP contribution in [0.4, 0.5) is 0 Å². The maximum absolute atomic E-state index is 12.0. The van der Waals surface area contributed by atoms with Crippen LogP contribution >= 0.6 is 22.9 Å². The van der Waals surface area contributed by atoms with Crippen LogP contribution in [0.25, 0.3) is 0 Å². The highest BCUT2D eigenvalue weighted by atomic mass is 35.5. The van der Waals surface area contributed by atoms with E-state index in [4.69, 9.17) is 11.6 Å². The van der Waals surface area contributed by atoms with Crippen LogP contribution < -0.4 is 4.72 Å². The molecule has 0 amide bonds. The third kappa shape index (κ3) is 4.79. The lowest BCUT2D eigenvalue weighted by atomic mass is 10.1. The van der Waals surface area contributed by atoms with Gasteiger partial charge in [-0.1, -0.05) is 29.8 Å². The van der Waals surface area contributed by atoms with Gasteiger partial charge in [0, 0.05) is 16.4 Å². The third-order valence-corrected chi connectivity index (χ3v) is 5.63. The van der Waals surface area contributed by atoms with Gasteiger partial charge in [-0.15, -0.1) is 11.3 Å². The Bertz CT molecular complexity index is 680. The second-order valence-electron chi connectivity index (χ2n) is 4.96. The van der Waals surface area contributed by atoms with Crippen LogP contribution in [0.1, 0.15) is 17.4 Å². The second kappa shape index (κ2) is 6.46. The van der Waals surface area contributed by atoms with E-state index < -0.39 is 15.6 Å². The summed E-state index contributed by atoms with van der Waals surface area (Å²) in [5, 5.41) is 12.7. The van der Waals surface area contributed by atoms with Gasteiger partial charge in [-0.05, 0) is 36.1 Å². The van der Waals surface area contributed by atoms with Gasteiger partial charge in [0.2, 0.25) is 10.0 Å². The summed E-state index contributed by atoms with van der Waals surface area (Å²) in [5.74, 6) is -0.148. The van der Waals surface area contributed by atoms with Gasteiger partial charge in [-0.25, -0.2) is 13.1 Å². The van der Waals surface area contributed by atoms with E-state index >= 15 is 0 Å². The molecule has 4 nitrogen and oxygen atoms in total. The summed E-state index contributed by atoms with van der Waals surface area (Å²) in [5.41, 5.74) is -0.580. The average molecular weight is 346 g/mol. The molecule has 1 unspecified atom stereocenters. The molecule has 0 saturated carbocycles. The van der Waals surface area contributed by atoms with Gasteiger partial charge in [-0.3, -0.25) is 0 Å². The van der Waals surface area contributed by atoms with Crippen LogP contribution in [-0.2, 0) is 21.4 Å². The highest BCUT2D eigenvalue weighted by Gasteiger charge is 2.26. The van der Waals surface area contributed by atoms with Gasteiger partial charge in [0.25, 0.3) is 0 Å². The number of sulfonamides is 1. The zero-order valence-electron chi connectivity index (χ0n) is 11.4. The Balaban J connectivity index is 2.00. The van der Waals surface area contributed by atoms with Gasteiger partial charge in [-0.2, -0.15) is 0 Å². The predicted octanol–water partition coefficient (Wildman–Crippen LogP) is 2.73. The maximum Gasteiger partial charge on any atom is 0.215 e. The molecule has 0 fully saturated rings. The molecule has 0 saturated heterocycles. The fourth-order valence-corrected chi connectivity index (χ4v) is 3.92. The molecule has 7 heteroatoms. The number of hydrogen-bond donors (Lipinski definition) is 2. The van der Waals surface area contributed by atoms with E-state index in [9.17, 15) is 13.5 Å². The lowest BCUT2D eigenvalue weighted by molar-refractivity contribution is 0.0666. The first-order valence-electron chi connectivity index (χ1n) is 6.27. The molecule has 0 aliphatic carbocycles. The molecule has 0 radical (unpaired) electrons. The SMILES string of the molecule is CC(O)(CNS(=O)(=O)Cc1ccc(Cl)cc1)c1cccs1. The maximum atomic E-state index is 12.0. The zero-order chi connectivity index (χ0) is 15.5. The summed E-state index contributed by atoms with van der Waals surface area (Å²) in [6.07, 6.45) is 0. The van der Waals surface area contributed by atoms with Gasteiger partial charge in [0.05, 0.1) is 5.75 Å². The Morgan fingerprint density at radius 3 is 2.52 bits per heavy atom. The fourth-order valence-electron chi connectivity index (χ4n) is 1.77. The summed E-state index contributed by atoms with van der Waals surface area (Å²) in [6, 6.07) is 10.2. The molecule has 1 heterocycles. The first-order chi connectivity index (χ1) is 9.78. The zero-order valence-corrected chi connectivity index (χ0v) is 13.8. The Hall–Kier alpha value is -0.920. The number of aliphatic hydroxyl groups is 1. The molecule has 0 bridgehead atoms. The van der Waals surface area contributed by atoms with E-state index in [1.54, 1.807) is 37.3 Å². The van der Waals surface area contributed by atoms with Crippen molar-refractivity contribution in [1.29, 1.82) is 0 Å². The standard InChI is InChI=1S/C14H16ClNO3S2/c1-14(17,13-3-2-8-20-13)10-16-21(18,19)9-11-4-6-12(15)7-5-11/h2-8,16-17H,9-10H2,1H3. The summed E-state index contributed by atoms with van der Waals surface area (Å²) in [4.78, 5) is 0.719. The number of benzene rings is 1. The molecule has 0 aliphatic heterocycles. The van der Waals surface area contributed by atoms with Gasteiger partial charge >= 0.3 is 0 Å². The molecule has 2 rings (SSSR count). The monoisotopic (exact) mass is 345 g/mol. The van der Waals surface area contributed by atoms with Crippen molar-refractivity contribution in [3.8, 4) is 0 Å². The van der Waals surface area contributed by atoms with Crippen molar-refractivity contribution in [2.24, 2.45) is 0 Å². The molecule has 0 spiro atoms. The second-order valence-corrected chi connectivity index (χ2v) is 8.15. The smallest absolute Gasteiger partial charge is 0.215 e. The molecule has 1 aromatic carbocycles. The van der Waals surface area contributed by atoms with Crippen molar-refractivity contribution in [2.45, 2.75) is 18.3 Å². The first-order valence-corrected chi connectivity index (χ1v) is 9.18. The minimum absolute atomic E-state index is 0.0660. The van der Waals surface area contributed by atoms with E-state index in [1.165, 1.54) is 11.3 Å². The summed E-state index contributed by atoms with van der Waals surface area (Å²) in [7, 11) is -3.52. The Kier molecular flexibility index (Phi) is 5.06. The van der Waals surface area contributed by atoms with Gasteiger partial charge < -0.3 is 5.11 Å². The average Bonchev–Trinajstić information content (AvgIpc) is 2.94. The number of hydrogen-bond acceptors (Lipinski definition) is 4. The molecule has 2 aromatic rings. The molecule has 1 aromatic heterocycles. The predicted molar refractivity (Wildman–Crippen MR) is 86.0 cm³/mol. The molecule has 21 heavy (non-hydrogen) atoms. The largest absolute Gasteiger partial charge is 0.383 e. The topological polar surface area (TPSA) is 66.4 Å². The van der Waals surface area contributed by atoms with Crippen LogP contribution in [0.2, 0.25) is 5.02 Å². The summed E-state index contributed by atoms with van der Waals surface area (Å²) < 4.78 is 26.5. The van der Waals surface area contributed by atoms with Crippen molar-refractivity contribution < 1.29 is 13.5 Å². The van der Waals surface area contributed by atoms with Crippen LogP contribution in [0.3, 0.4) is 0 Å². The van der Waals surface area contributed by atoms with Crippen molar-refractivity contribution in [1.82, 2.24) is 4.72 Å². The van der Waals surface area contributed by atoms with Crippen LogP contribution in [0.15, 0.2) is 41.8 Å². The van der Waals surface area contributed by atoms with E-state index in [1.807, 2.05) is 11.4 Å². The molecular weight excluding hydrogens is 330 g/mol. The third-order valence-electron chi connectivity index (χ3n) is 2.96. The highest BCUT2D eigenvalue weighted by molar-refractivity contribution is 7.88. The quantitative estimate of drug-likeness (QED) is 0.846. The number of halogens is 1. The van der Waals surface area contributed by atoms with Crippen molar-refractivity contribution in [3.05, 3.63) is 57.2 Å². The van der Waals surface area contributed by atoms with Crippen molar-refractivity contribution >= 4 is 33.0 Å². The fraction of sp³-hybridized carbons (Fsp3) is 0.286. The normalized spacial score (nSPS) is 14.8. The van der Waals surface area contributed by atoms with Crippen LogP contribution in [-0.4, -0.2) is 20.1 Å². The molecule has 0 aliphatic rings. The Morgan fingerprint density at radius 1 is 1.29 bits per heavy atom. The minimum atomic E-state index is -3.52. The van der Waals surface area contributed by atoms with E-state index in [-0.39, 0.29) is 12.3 Å². The lowest BCUT2D eigenvalue weighted by Gasteiger charge is -2.22. The van der Waals surface area contributed by atoms with E-state index in [0.717, 1.165) is 4.88 Å². The summed E-state index contributed by atoms with van der Waals surface area (Å²) >= 11 is 7.15. The Labute approximate surface area is 133 Å². The van der Waals surface area contributed by atoms with Crippen molar-refractivity contribution in [2.75, 3.05) is 6.54 Å². The lowest BCUT2D eigenvalue weighted by Crippen LogP contribution is -2.38. The number of rotatable bonds is 6. The highest BCUT2D eigenvalue weighted by Crippen LogP contribution is 2.24. The van der Waals surface area contributed by atoms with Gasteiger partial charge in [0.1, 0.15) is 5.60 Å². The van der Waals surface area contributed by atoms with Crippen LogP contribution in [0.5, 0.6) is 0 Å². The molecule has 2 N–H and O–H groups in total. The van der Waals surface area contributed by atoms with E-state index in [2.05, 4.69) is 4.72 Å². The van der Waals surface area contributed by atoms with Crippen LogP contribution in [0, 0.1) is 0 Å². The number of nitrogens with one attached hydrogen (secondary N) is 1. The number of thiophene rings is 1. The molecule has 114 valence electrons. The Morgan fingerprint density at radius 2 is 1.95 bits per heavy atom. The summed E-state index contributed by atoms with van der Waals surface area (Å²) in [6.45, 7) is 1.52. The van der Waals surface area contributed by atoms with Crippen molar-refractivity contribution in [3.63, 3.8) is 0 Å². The first kappa shape index (κ1) is 16.5. The van der Waals surface area contributed by atoms with Gasteiger partial charge in [0.15, 0.2) is 0 Å². The van der Waals surface area contributed by atoms with E-state index in [0.29, 0.717) is 10.6 Å².